The molecule has 0 saturated heterocycles. The fourth-order valence-corrected chi connectivity index (χ4v) is 6.02. The molecule has 0 aliphatic carbocycles. The van der Waals surface area contributed by atoms with Crippen molar-refractivity contribution in [3.63, 3.8) is 0 Å². The van der Waals surface area contributed by atoms with E-state index in [4.69, 9.17) is 0 Å². The molecule has 0 atom stereocenters. The first-order valence-corrected chi connectivity index (χ1v) is 16.2. The first-order chi connectivity index (χ1) is 21.9. The molecule has 0 saturated carbocycles. The Morgan fingerprint density at radius 3 is 0.959 bits per heavy atom. The summed E-state index contributed by atoms with van der Waals surface area (Å²) in [4.78, 5) is 23.9. The molecular weight excluding hydrogens is 625 g/mol. The quantitative estimate of drug-likeness (QED) is 0.208. The standard InChI is InChI=1S/2C21H26O3.Mg/c2*1-20(2,3)15-12-14(19(23)24)16(13-10-8-7-9-11-13)17(18(15)22)21(4,5)6;/h2*7-12,22H,1-6H3,(H,23,24);/q;;+2/p-2. The summed E-state index contributed by atoms with van der Waals surface area (Å²) in [5, 5.41) is 46.1. The zero-order chi connectivity index (χ0) is 36.6. The maximum Gasteiger partial charge on any atom is 2.00 e. The first kappa shape index (κ1) is 41.4. The summed E-state index contributed by atoms with van der Waals surface area (Å²) in [6, 6.07) is 21.7. The summed E-state index contributed by atoms with van der Waals surface area (Å²) >= 11 is 0. The second kappa shape index (κ2) is 15.0. The molecule has 4 rings (SSSR count). The van der Waals surface area contributed by atoms with Crippen LogP contribution in [0.2, 0.25) is 0 Å². The Kier molecular flexibility index (Phi) is 12.6. The van der Waals surface area contributed by atoms with Gasteiger partial charge in [-0.15, -0.1) is 11.5 Å². The van der Waals surface area contributed by atoms with Gasteiger partial charge in [-0.1, -0.05) is 144 Å². The maximum atomic E-state index is 13.2. The van der Waals surface area contributed by atoms with Crippen LogP contribution in [0.4, 0.5) is 0 Å². The van der Waals surface area contributed by atoms with Crippen molar-refractivity contribution in [2.24, 2.45) is 0 Å². The number of aromatic carboxylic acids is 2. The molecule has 6 nitrogen and oxygen atoms in total. The van der Waals surface area contributed by atoms with Crippen LogP contribution in [0.15, 0.2) is 72.8 Å². The third-order valence-electron chi connectivity index (χ3n) is 8.26. The van der Waals surface area contributed by atoms with Crippen LogP contribution < -0.4 is 10.2 Å². The normalized spacial score (nSPS) is 12.0. The molecule has 0 bridgehead atoms. The molecule has 7 heteroatoms. The molecule has 0 spiro atoms. The minimum absolute atomic E-state index is 0. The van der Waals surface area contributed by atoms with E-state index in [0.717, 1.165) is 11.1 Å². The van der Waals surface area contributed by atoms with Gasteiger partial charge in [-0.05, 0) is 78.3 Å². The summed E-state index contributed by atoms with van der Waals surface area (Å²) in [5.41, 5.74) is 3.43. The summed E-state index contributed by atoms with van der Waals surface area (Å²) < 4.78 is 0. The van der Waals surface area contributed by atoms with Gasteiger partial charge in [-0.25, -0.2) is 9.59 Å². The van der Waals surface area contributed by atoms with E-state index in [1.807, 2.05) is 144 Å². The molecule has 0 fully saturated rings. The van der Waals surface area contributed by atoms with Crippen molar-refractivity contribution in [1.82, 2.24) is 0 Å². The summed E-state index contributed by atoms with van der Waals surface area (Å²) in [6.07, 6.45) is 0. The zero-order valence-corrected chi connectivity index (χ0v) is 32.6. The number of benzene rings is 4. The number of carboxylic acids is 2. The Morgan fingerprint density at radius 2 is 0.755 bits per heavy atom. The van der Waals surface area contributed by atoms with Crippen LogP contribution in [0.25, 0.3) is 22.3 Å². The van der Waals surface area contributed by atoms with Crippen LogP contribution in [-0.4, -0.2) is 45.2 Å². The third-order valence-corrected chi connectivity index (χ3v) is 8.26. The maximum absolute atomic E-state index is 13.2. The molecule has 4 aromatic rings. The van der Waals surface area contributed by atoms with Crippen LogP contribution in [0.3, 0.4) is 0 Å². The van der Waals surface area contributed by atoms with Crippen molar-refractivity contribution < 1.29 is 30.0 Å². The van der Waals surface area contributed by atoms with Gasteiger partial charge < -0.3 is 20.4 Å². The number of carbonyl (C=O) groups is 2. The molecule has 0 amide bonds. The van der Waals surface area contributed by atoms with E-state index in [-0.39, 0.29) is 45.7 Å². The Labute approximate surface area is 308 Å². The molecule has 0 aliphatic heterocycles. The van der Waals surface area contributed by atoms with Gasteiger partial charge in [0.15, 0.2) is 0 Å². The van der Waals surface area contributed by atoms with Gasteiger partial charge in [0.1, 0.15) is 0 Å². The second-order valence-corrected chi connectivity index (χ2v) is 16.4. The van der Waals surface area contributed by atoms with Crippen LogP contribution in [-0.2, 0) is 21.7 Å². The average Bonchev–Trinajstić information content (AvgIpc) is 2.95. The van der Waals surface area contributed by atoms with Crippen molar-refractivity contribution in [1.29, 1.82) is 0 Å². The van der Waals surface area contributed by atoms with Gasteiger partial charge in [0.25, 0.3) is 0 Å². The minimum Gasteiger partial charge on any atom is -0.872 e. The number of hydrogen-bond donors (Lipinski definition) is 2. The van der Waals surface area contributed by atoms with E-state index in [1.54, 1.807) is 12.1 Å². The largest absolute Gasteiger partial charge is 2.00 e. The Morgan fingerprint density at radius 1 is 0.490 bits per heavy atom. The number of carboxylic acid groups (broad SMARTS) is 2. The van der Waals surface area contributed by atoms with Crippen molar-refractivity contribution >= 4 is 35.0 Å². The van der Waals surface area contributed by atoms with Crippen molar-refractivity contribution in [3.05, 3.63) is 106 Å². The van der Waals surface area contributed by atoms with Gasteiger partial charge >= 0.3 is 35.0 Å². The van der Waals surface area contributed by atoms with E-state index in [1.165, 1.54) is 0 Å². The second-order valence-electron chi connectivity index (χ2n) is 16.4. The van der Waals surface area contributed by atoms with Crippen molar-refractivity contribution in [2.45, 2.75) is 105 Å². The fourth-order valence-electron chi connectivity index (χ4n) is 6.02. The van der Waals surface area contributed by atoms with Gasteiger partial charge in [-0.3, -0.25) is 0 Å². The number of rotatable bonds is 4. The van der Waals surface area contributed by atoms with Crippen LogP contribution in [0.5, 0.6) is 11.5 Å². The molecule has 4 aromatic carbocycles. The topological polar surface area (TPSA) is 121 Å². The van der Waals surface area contributed by atoms with Crippen molar-refractivity contribution in [2.75, 3.05) is 0 Å². The minimum atomic E-state index is -1.01. The van der Waals surface area contributed by atoms with Gasteiger partial charge in [0, 0.05) is 0 Å². The smallest absolute Gasteiger partial charge is 0.872 e. The van der Waals surface area contributed by atoms with E-state index >= 15 is 0 Å². The molecule has 0 aromatic heterocycles. The molecule has 0 unspecified atom stereocenters. The predicted molar refractivity (Wildman–Crippen MR) is 197 cm³/mol. The fraction of sp³-hybridized carbons (Fsp3) is 0.381. The monoisotopic (exact) mass is 674 g/mol. The summed E-state index contributed by atoms with van der Waals surface area (Å²) in [5.74, 6) is -2.13. The Bertz CT molecular complexity index is 1660. The zero-order valence-electron chi connectivity index (χ0n) is 31.2. The van der Waals surface area contributed by atoms with E-state index < -0.39 is 33.6 Å². The Hall–Kier alpha value is -3.81. The van der Waals surface area contributed by atoms with Gasteiger partial charge in [0.2, 0.25) is 0 Å². The molecule has 0 radical (unpaired) electrons. The molecule has 0 heterocycles. The van der Waals surface area contributed by atoms with E-state index in [2.05, 4.69) is 0 Å². The molecule has 0 aliphatic rings. The van der Waals surface area contributed by atoms with E-state index in [0.29, 0.717) is 33.4 Å². The molecule has 49 heavy (non-hydrogen) atoms. The van der Waals surface area contributed by atoms with Gasteiger partial charge in [0.05, 0.1) is 11.1 Å². The third kappa shape index (κ3) is 9.25. The number of hydrogen-bond acceptors (Lipinski definition) is 4. The average molecular weight is 675 g/mol. The summed E-state index contributed by atoms with van der Waals surface area (Å²) in [6.45, 7) is 23.3. The van der Waals surface area contributed by atoms with Gasteiger partial charge in [-0.2, -0.15) is 0 Å². The van der Waals surface area contributed by atoms with E-state index in [9.17, 15) is 30.0 Å². The van der Waals surface area contributed by atoms with Crippen molar-refractivity contribution in [3.8, 4) is 33.8 Å². The van der Waals surface area contributed by atoms with Crippen LogP contribution in [0.1, 0.15) is 126 Å². The molecular formula is C42H50MgO6. The van der Waals surface area contributed by atoms with Crippen LogP contribution in [0, 0.1) is 0 Å². The molecule has 256 valence electrons. The predicted octanol–water partition coefficient (Wildman–Crippen LogP) is 9.06. The Balaban J connectivity index is 0.000000333. The SMILES string of the molecule is CC(C)(C)c1cc(C(=O)O)c(-c2ccccc2)c(C(C)(C)C)c1[O-].CC(C)(C)c1cc(C(=O)O)c(-c2ccccc2)c(C(C)(C)C)c1[O-].[Mg+2]. The van der Waals surface area contributed by atoms with Crippen LogP contribution >= 0.6 is 0 Å². The summed E-state index contributed by atoms with van der Waals surface area (Å²) in [7, 11) is 0. The molecule has 2 N–H and O–H groups in total. The first-order valence-electron chi connectivity index (χ1n) is 16.2.